The van der Waals surface area contributed by atoms with E-state index in [0.29, 0.717) is 25.0 Å². The van der Waals surface area contributed by atoms with Crippen molar-refractivity contribution >= 4 is 24.8 Å². The molecule has 2 atom stereocenters. The van der Waals surface area contributed by atoms with E-state index in [1.807, 2.05) is 0 Å². The molecule has 2 bridgehead atoms. The molecule has 1 aromatic rings. The van der Waals surface area contributed by atoms with Crippen molar-refractivity contribution in [2.24, 2.45) is 5.41 Å². The predicted molar refractivity (Wildman–Crippen MR) is 84.5 cm³/mol. The summed E-state index contributed by atoms with van der Waals surface area (Å²) >= 11 is 0. The Labute approximate surface area is 134 Å². The van der Waals surface area contributed by atoms with Crippen LogP contribution >= 0.6 is 0 Å². The number of carbonyl (C=O) groups excluding carboxylic acids is 2. The third kappa shape index (κ3) is 3.22. The van der Waals surface area contributed by atoms with Gasteiger partial charge in [0.05, 0.1) is 12.7 Å². The predicted octanol–water partition coefficient (Wildman–Crippen LogP) is -0.356. The molecule has 0 saturated carbocycles. The monoisotopic (exact) mass is 315 g/mol. The minimum absolute atomic E-state index is 0.0518. The van der Waals surface area contributed by atoms with Crippen molar-refractivity contribution in [2.45, 2.75) is 18.9 Å². The number of fused-ring (bicyclic) bond motifs is 2. The Morgan fingerprint density at radius 3 is 3.04 bits per heavy atom. The van der Waals surface area contributed by atoms with Gasteiger partial charge in [-0.1, -0.05) is 18.2 Å². The number of hydrogen-bond acceptors (Lipinski definition) is 5. The zero-order valence-electron chi connectivity index (χ0n) is 12.6. The second kappa shape index (κ2) is 6.27. The van der Waals surface area contributed by atoms with Gasteiger partial charge in [0.2, 0.25) is 0 Å². The molecule has 2 aliphatic rings. The number of amides is 1. The zero-order valence-corrected chi connectivity index (χ0v) is 12.6. The van der Waals surface area contributed by atoms with Gasteiger partial charge in [0.15, 0.2) is 0 Å². The Balaban J connectivity index is 1.69. The lowest BCUT2D eigenvalue weighted by Crippen LogP contribution is -2.39. The second-order valence-corrected chi connectivity index (χ2v) is 6.20. The highest BCUT2D eigenvalue weighted by Crippen LogP contribution is 2.39. The Morgan fingerprint density at radius 2 is 2.30 bits per heavy atom. The lowest BCUT2D eigenvalue weighted by atomic mass is 9.76. The summed E-state index contributed by atoms with van der Waals surface area (Å²) in [6.45, 7) is 1.13. The van der Waals surface area contributed by atoms with Crippen LogP contribution in [-0.2, 0) is 4.74 Å². The van der Waals surface area contributed by atoms with Gasteiger partial charge in [-0.25, -0.2) is 0 Å². The van der Waals surface area contributed by atoms with Crippen molar-refractivity contribution < 1.29 is 24.4 Å². The summed E-state index contributed by atoms with van der Waals surface area (Å²) in [5, 5.41) is 21.3. The fourth-order valence-electron chi connectivity index (χ4n) is 3.18. The smallest absolute Gasteiger partial charge is 0.423 e. The van der Waals surface area contributed by atoms with Gasteiger partial charge in [-0.2, -0.15) is 0 Å². The van der Waals surface area contributed by atoms with Crippen LogP contribution < -0.4 is 10.8 Å². The maximum Gasteiger partial charge on any atom is 0.489 e. The molecule has 1 aromatic carbocycles. The van der Waals surface area contributed by atoms with Crippen molar-refractivity contribution in [1.82, 2.24) is 5.32 Å². The molecule has 1 aliphatic heterocycles. The summed E-state index contributed by atoms with van der Waals surface area (Å²) in [4.78, 5) is 23.3. The average molecular weight is 315 g/mol. The molecule has 23 heavy (non-hydrogen) atoms. The van der Waals surface area contributed by atoms with Crippen LogP contribution in [0.15, 0.2) is 30.4 Å². The standard InChI is InChI=1S/C16H18BNO5/c19-8-12-6-11(3-4-14(12)17(21)22)15(20)18-9-16-5-1-2-13(7-16)23-10-16/h1-4,6,8,13,21-22H,5,7,9-10H2,(H,18,20). The van der Waals surface area contributed by atoms with Crippen LogP contribution in [0.4, 0.5) is 0 Å². The van der Waals surface area contributed by atoms with Crippen LogP contribution in [0.25, 0.3) is 0 Å². The molecule has 0 radical (unpaired) electrons. The zero-order chi connectivity index (χ0) is 16.4. The maximum atomic E-state index is 12.3. The van der Waals surface area contributed by atoms with E-state index in [-0.39, 0.29) is 28.5 Å². The highest BCUT2D eigenvalue weighted by molar-refractivity contribution is 6.60. The third-order valence-electron chi connectivity index (χ3n) is 4.52. The van der Waals surface area contributed by atoms with E-state index >= 15 is 0 Å². The first-order valence-corrected chi connectivity index (χ1v) is 7.55. The Morgan fingerprint density at radius 1 is 1.48 bits per heavy atom. The Kier molecular flexibility index (Phi) is 4.34. The molecule has 120 valence electrons. The highest BCUT2D eigenvalue weighted by Gasteiger charge is 2.41. The molecular formula is C16H18BNO5. The lowest BCUT2D eigenvalue weighted by molar-refractivity contribution is 0.0914. The summed E-state index contributed by atoms with van der Waals surface area (Å²) < 4.78 is 5.66. The SMILES string of the molecule is O=Cc1cc(C(=O)NCC23CC=CC(C2)OC3)ccc1B(O)O. The number of benzene rings is 1. The van der Waals surface area contributed by atoms with E-state index in [9.17, 15) is 19.6 Å². The molecule has 0 aromatic heterocycles. The van der Waals surface area contributed by atoms with Crippen LogP contribution in [-0.4, -0.2) is 48.6 Å². The van der Waals surface area contributed by atoms with Gasteiger partial charge < -0.3 is 20.1 Å². The summed E-state index contributed by atoms with van der Waals surface area (Å²) in [5.74, 6) is -0.292. The van der Waals surface area contributed by atoms with E-state index in [4.69, 9.17) is 4.74 Å². The van der Waals surface area contributed by atoms with Crippen LogP contribution in [0.2, 0.25) is 0 Å². The molecule has 1 saturated heterocycles. The first-order valence-electron chi connectivity index (χ1n) is 7.55. The van der Waals surface area contributed by atoms with Gasteiger partial charge in [0, 0.05) is 23.1 Å². The second-order valence-electron chi connectivity index (χ2n) is 6.20. The van der Waals surface area contributed by atoms with Crippen molar-refractivity contribution in [3.05, 3.63) is 41.5 Å². The Hall–Kier alpha value is -1.96. The molecule has 3 rings (SSSR count). The fraction of sp³-hybridized carbons (Fsp3) is 0.375. The summed E-state index contributed by atoms with van der Waals surface area (Å²) in [6.07, 6.45) is 6.58. The summed E-state index contributed by atoms with van der Waals surface area (Å²) in [7, 11) is -1.74. The third-order valence-corrected chi connectivity index (χ3v) is 4.52. The molecular weight excluding hydrogens is 297 g/mol. The van der Waals surface area contributed by atoms with Crippen molar-refractivity contribution in [2.75, 3.05) is 13.2 Å². The molecule has 1 aliphatic carbocycles. The largest absolute Gasteiger partial charge is 0.489 e. The lowest BCUT2D eigenvalue weighted by Gasteiger charge is -2.28. The minimum atomic E-state index is -1.74. The normalized spacial score (nSPS) is 25.2. The molecule has 3 N–H and O–H groups in total. The van der Waals surface area contributed by atoms with Crippen LogP contribution in [0, 0.1) is 5.41 Å². The minimum Gasteiger partial charge on any atom is -0.423 e. The van der Waals surface area contributed by atoms with E-state index < -0.39 is 7.12 Å². The summed E-state index contributed by atoms with van der Waals surface area (Å²) in [5.41, 5.74) is 0.439. The number of rotatable bonds is 5. The number of ether oxygens (including phenoxy) is 1. The van der Waals surface area contributed by atoms with Gasteiger partial charge >= 0.3 is 7.12 Å². The molecule has 6 nitrogen and oxygen atoms in total. The van der Waals surface area contributed by atoms with Crippen LogP contribution in [0.3, 0.4) is 0 Å². The highest BCUT2D eigenvalue weighted by atomic mass is 16.5. The quantitative estimate of drug-likeness (QED) is 0.392. The molecule has 1 heterocycles. The summed E-state index contributed by atoms with van der Waals surface area (Å²) in [6, 6.07) is 4.21. The molecule has 1 fully saturated rings. The van der Waals surface area contributed by atoms with Gasteiger partial charge in [0.1, 0.15) is 6.29 Å². The van der Waals surface area contributed by atoms with Crippen molar-refractivity contribution in [3.8, 4) is 0 Å². The van der Waals surface area contributed by atoms with Gasteiger partial charge in [-0.05, 0) is 30.4 Å². The number of nitrogens with one attached hydrogen (secondary N) is 1. The van der Waals surface area contributed by atoms with Gasteiger partial charge in [-0.3, -0.25) is 9.59 Å². The topological polar surface area (TPSA) is 95.9 Å². The number of hydrogen-bond donors (Lipinski definition) is 3. The van der Waals surface area contributed by atoms with Crippen LogP contribution in [0.5, 0.6) is 0 Å². The van der Waals surface area contributed by atoms with Crippen LogP contribution in [0.1, 0.15) is 33.6 Å². The average Bonchev–Trinajstić information content (AvgIpc) is 2.86. The molecule has 7 heteroatoms. The Bertz CT molecular complexity index is 660. The molecule has 0 spiro atoms. The first kappa shape index (κ1) is 15.9. The fourth-order valence-corrected chi connectivity index (χ4v) is 3.18. The number of allylic oxidation sites excluding steroid dienone is 1. The van der Waals surface area contributed by atoms with Crippen molar-refractivity contribution in [1.29, 1.82) is 0 Å². The van der Waals surface area contributed by atoms with E-state index in [0.717, 1.165) is 12.8 Å². The van der Waals surface area contributed by atoms with E-state index in [2.05, 4.69) is 17.5 Å². The molecule has 2 unspecified atom stereocenters. The van der Waals surface area contributed by atoms with Gasteiger partial charge in [-0.15, -0.1) is 0 Å². The van der Waals surface area contributed by atoms with E-state index in [1.54, 1.807) is 0 Å². The van der Waals surface area contributed by atoms with Gasteiger partial charge in [0.25, 0.3) is 5.91 Å². The van der Waals surface area contributed by atoms with E-state index in [1.165, 1.54) is 18.2 Å². The number of aldehydes is 1. The maximum absolute atomic E-state index is 12.3. The number of carbonyl (C=O) groups is 2. The van der Waals surface area contributed by atoms with Crippen molar-refractivity contribution in [3.63, 3.8) is 0 Å². The molecule has 1 amide bonds. The first-order chi connectivity index (χ1) is 11.0.